The van der Waals surface area contributed by atoms with Crippen molar-refractivity contribution in [3.63, 3.8) is 0 Å². The molecule has 0 aliphatic carbocycles. The maximum atomic E-state index is 12.3. The molecule has 6 nitrogen and oxygen atoms in total. The van der Waals surface area contributed by atoms with E-state index in [1.165, 1.54) is 6.26 Å². The van der Waals surface area contributed by atoms with Crippen LogP contribution in [0.2, 0.25) is 0 Å². The average Bonchev–Trinajstić information content (AvgIpc) is 3.28. The summed E-state index contributed by atoms with van der Waals surface area (Å²) >= 11 is 0. The Kier molecular flexibility index (Phi) is 6.61. The number of aryl methyl sites for hydroxylation is 1. The van der Waals surface area contributed by atoms with Gasteiger partial charge in [0.2, 0.25) is 0 Å². The highest BCUT2D eigenvalue weighted by atomic mass is 35.5. The van der Waals surface area contributed by atoms with Gasteiger partial charge in [0, 0.05) is 23.8 Å². The molecule has 0 saturated carbocycles. The summed E-state index contributed by atoms with van der Waals surface area (Å²) in [6, 6.07) is 8.86. The number of benzene rings is 1. The lowest BCUT2D eigenvalue weighted by atomic mass is 10.1. The fourth-order valence-corrected chi connectivity index (χ4v) is 2.74. The Labute approximate surface area is 152 Å². The second-order valence-electron chi connectivity index (χ2n) is 5.96. The van der Waals surface area contributed by atoms with Gasteiger partial charge in [-0.3, -0.25) is 9.59 Å². The van der Waals surface area contributed by atoms with Gasteiger partial charge in [-0.25, -0.2) is 0 Å². The zero-order valence-electron chi connectivity index (χ0n) is 14.0. The van der Waals surface area contributed by atoms with Gasteiger partial charge in [0.1, 0.15) is 0 Å². The minimum absolute atomic E-state index is 0. The molecule has 1 atom stereocenters. The molecular formula is C18H22ClN3O3. The highest BCUT2D eigenvalue weighted by molar-refractivity contribution is 6.03. The minimum Gasteiger partial charge on any atom is -0.459 e. The smallest absolute Gasteiger partial charge is 0.291 e. The number of hydrogen-bond acceptors (Lipinski definition) is 4. The van der Waals surface area contributed by atoms with E-state index in [1.54, 1.807) is 24.3 Å². The van der Waals surface area contributed by atoms with Crippen molar-refractivity contribution >= 4 is 29.9 Å². The maximum Gasteiger partial charge on any atom is 0.291 e. The van der Waals surface area contributed by atoms with Gasteiger partial charge in [-0.15, -0.1) is 12.4 Å². The van der Waals surface area contributed by atoms with E-state index >= 15 is 0 Å². The van der Waals surface area contributed by atoms with Gasteiger partial charge in [-0.05, 0) is 56.1 Å². The molecule has 3 rings (SSSR count). The van der Waals surface area contributed by atoms with E-state index in [0.29, 0.717) is 23.8 Å². The van der Waals surface area contributed by atoms with Crippen molar-refractivity contribution in [1.82, 2.24) is 10.6 Å². The molecule has 3 N–H and O–H groups in total. The van der Waals surface area contributed by atoms with Gasteiger partial charge in [-0.2, -0.15) is 0 Å². The average molecular weight is 364 g/mol. The van der Waals surface area contributed by atoms with Crippen molar-refractivity contribution < 1.29 is 14.0 Å². The topological polar surface area (TPSA) is 83.4 Å². The maximum absolute atomic E-state index is 12.3. The largest absolute Gasteiger partial charge is 0.459 e. The highest BCUT2D eigenvalue weighted by Gasteiger charge is 2.16. The number of hydrogen-bond donors (Lipinski definition) is 3. The summed E-state index contributed by atoms with van der Waals surface area (Å²) in [5.74, 6) is -0.246. The minimum atomic E-state index is -0.337. The van der Waals surface area contributed by atoms with Crippen molar-refractivity contribution in [2.45, 2.75) is 25.8 Å². The first-order chi connectivity index (χ1) is 11.6. The number of carbonyl (C=O) groups excluding carboxylic acids is 2. The lowest BCUT2D eigenvalue weighted by Crippen LogP contribution is -2.37. The van der Waals surface area contributed by atoms with Gasteiger partial charge in [-0.1, -0.05) is 6.07 Å². The first kappa shape index (κ1) is 19.0. The van der Waals surface area contributed by atoms with E-state index in [1.807, 2.05) is 13.0 Å². The number of furan rings is 1. The van der Waals surface area contributed by atoms with E-state index in [0.717, 1.165) is 24.9 Å². The Morgan fingerprint density at radius 1 is 1.28 bits per heavy atom. The highest BCUT2D eigenvalue weighted by Crippen LogP contribution is 2.18. The fraction of sp³-hybridized carbons (Fsp3) is 0.333. The lowest BCUT2D eigenvalue weighted by Gasteiger charge is -2.13. The molecule has 1 unspecified atom stereocenters. The van der Waals surface area contributed by atoms with Crippen LogP contribution in [0.1, 0.15) is 39.3 Å². The monoisotopic (exact) mass is 363 g/mol. The van der Waals surface area contributed by atoms with Crippen LogP contribution in [0.5, 0.6) is 0 Å². The molecule has 0 bridgehead atoms. The molecular weight excluding hydrogens is 342 g/mol. The molecule has 7 heteroatoms. The predicted octanol–water partition coefficient (Wildman–Crippen LogP) is 2.74. The van der Waals surface area contributed by atoms with Crippen molar-refractivity contribution in [2.24, 2.45) is 0 Å². The van der Waals surface area contributed by atoms with Crippen LogP contribution in [-0.4, -0.2) is 30.9 Å². The summed E-state index contributed by atoms with van der Waals surface area (Å²) in [4.78, 5) is 24.4. The van der Waals surface area contributed by atoms with Crippen molar-refractivity contribution in [2.75, 3.05) is 18.4 Å². The molecule has 2 amide bonds. The summed E-state index contributed by atoms with van der Waals surface area (Å²) in [7, 11) is 0. The molecule has 1 aromatic carbocycles. The zero-order chi connectivity index (χ0) is 16.9. The SMILES string of the molecule is Cc1ccc(C(=O)NCC2CCCN2)cc1NC(=O)c1ccco1.Cl. The normalized spacial score (nSPS) is 16.1. The fourth-order valence-electron chi connectivity index (χ4n) is 2.74. The van der Waals surface area contributed by atoms with E-state index in [-0.39, 0.29) is 30.0 Å². The predicted molar refractivity (Wildman–Crippen MR) is 98.4 cm³/mol. The number of carbonyl (C=O) groups is 2. The Balaban J connectivity index is 0.00000225. The van der Waals surface area contributed by atoms with E-state index in [2.05, 4.69) is 16.0 Å². The third kappa shape index (κ3) is 4.84. The van der Waals surface area contributed by atoms with Crippen LogP contribution in [-0.2, 0) is 0 Å². The van der Waals surface area contributed by atoms with Crippen LogP contribution in [0.4, 0.5) is 5.69 Å². The van der Waals surface area contributed by atoms with Crippen LogP contribution >= 0.6 is 12.4 Å². The summed E-state index contributed by atoms with van der Waals surface area (Å²) in [6.45, 7) is 3.50. The van der Waals surface area contributed by atoms with Crippen LogP contribution < -0.4 is 16.0 Å². The van der Waals surface area contributed by atoms with Crippen molar-refractivity contribution in [3.8, 4) is 0 Å². The summed E-state index contributed by atoms with van der Waals surface area (Å²) in [5.41, 5.74) is 2.00. The zero-order valence-corrected chi connectivity index (χ0v) is 14.8. The number of halogens is 1. The molecule has 0 spiro atoms. The lowest BCUT2D eigenvalue weighted by molar-refractivity contribution is 0.0948. The Bertz CT molecular complexity index is 725. The third-order valence-electron chi connectivity index (χ3n) is 4.16. The number of amides is 2. The van der Waals surface area contributed by atoms with Crippen LogP contribution in [0.25, 0.3) is 0 Å². The van der Waals surface area contributed by atoms with E-state index < -0.39 is 0 Å². The molecule has 25 heavy (non-hydrogen) atoms. The second kappa shape index (κ2) is 8.69. The number of nitrogens with one attached hydrogen (secondary N) is 3. The van der Waals surface area contributed by atoms with Crippen LogP contribution in [0.3, 0.4) is 0 Å². The summed E-state index contributed by atoms with van der Waals surface area (Å²) < 4.78 is 5.08. The van der Waals surface area contributed by atoms with Gasteiger partial charge >= 0.3 is 0 Å². The standard InChI is InChI=1S/C18H21N3O3.ClH/c1-12-6-7-13(17(22)20-11-14-4-2-8-19-14)10-15(12)21-18(23)16-5-3-9-24-16;/h3,5-7,9-10,14,19H,2,4,8,11H2,1H3,(H,20,22)(H,21,23);1H. The van der Waals surface area contributed by atoms with E-state index in [9.17, 15) is 9.59 Å². The molecule has 1 aromatic heterocycles. The number of rotatable bonds is 5. The Morgan fingerprint density at radius 3 is 2.80 bits per heavy atom. The van der Waals surface area contributed by atoms with Gasteiger partial charge in [0.15, 0.2) is 5.76 Å². The molecule has 1 aliphatic heterocycles. The molecule has 1 fully saturated rings. The second-order valence-corrected chi connectivity index (χ2v) is 5.96. The Hall–Kier alpha value is -2.31. The van der Waals surface area contributed by atoms with Crippen LogP contribution in [0, 0.1) is 6.92 Å². The first-order valence-electron chi connectivity index (χ1n) is 8.10. The summed E-state index contributed by atoms with van der Waals surface area (Å²) in [5, 5.41) is 9.06. The van der Waals surface area contributed by atoms with Gasteiger partial charge in [0.05, 0.1) is 6.26 Å². The molecule has 1 aliphatic rings. The molecule has 134 valence electrons. The molecule has 1 saturated heterocycles. The molecule has 2 aromatic rings. The molecule has 2 heterocycles. The van der Waals surface area contributed by atoms with Gasteiger partial charge in [0.25, 0.3) is 11.8 Å². The first-order valence-corrected chi connectivity index (χ1v) is 8.10. The van der Waals surface area contributed by atoms with Gasteiger partial charge < -0.3 is 20.4 Å². The number of anilines is 1. The van der Waals surface area contributed by atoms with E-state index in [4.69, 9.17) is 4.42 Å². The van der Waals surface area contributed by atoms with Crippen LogP contribution in [0.15, 0.2) is 41.0 Å². The van der Waals surface area contributed by atoms with Crippen molar-refractivity contribution in [3.05, 3.63) is 53.5 Å². The molecule has 0 radical (unpaired) electrons. The summed E-state index contributed by atoms with van der Waals surface area (Å²) in [6.07, 6.45) is 3.68. The third-order valence-corrected chi connectivity index (χ3v) is 4.16. The van der Waals surface area contributed by atoms with Crippen molar-refractivity contribution in [1.29, 1.82) is 0 Å². The Morgan fingerprint density at radius 2 is 2.12 bits per heavy atom. The quantitative estimate of drug-likeness (QED) is 0.762.